The van der Waals surface area contributed by atoms with E-state index in [0.29, 0.717) is 19.5 Å². The van der Waals surface area contributed by atoms with Gasteiger partial charge in [0.15, 0.2) is 0 Å². The lowest BCUT2D eigenvalue weighted by Gasteiger charge is -2.25. The smallest absolute Gasteiger partial charge is 0.302 e. The lowest BCUT2D eigenvalue weighted by molar-refractivity contribution is -0.154. The fraction of sp³-hybridized carbons (Fsp3) is 0.367. The third-order valence-corrected chi connectivity index (χ3v) is 6.50. The van der Waals surface area contributed by atoms with Crippen LogP contribution in [0.25, 0.3) is 0 Å². The van der Waals surface area contributed by atoms with Crippen LogP contribution in [0.2, 0.25) is 0 Å². The summed E-state index contributed by atoms with van der Waals surface area (Å²) < 4.78 is 27.3. The Hall–Kier alpha value is -4.11. The average molecular weight is 535 g/mol. The highest BCUT2D eigenvalue weighted by Gasteiger charge is 2.39. The number of anilines is 1. The Bertz CT molecular complexity index is 1180. The van der Waals surface area contributed by atoms with Gasteiger partial charge in [-0.05, 0) is 47.0 Å². The summed E-state index contributed by atoms with van der Waals surface area (Å²) in [6.45, 7) is 3.99. The molecule has 1 aliphatic rings. The molecule has 9 nitrogen and oxygen atoms in total. The molecule has 9 heteroatoms. The van der Waals surface area contributed by atoms with E-state index in [9.17, 15) is 9.59 Å². The number of rotatable bonds is 11. The van der Waals surface area contributed by atoms with Crippen molar-refractivity contribution in [2.75, 3.05) is 25.7 Å². The summed E-state index contributed by atoms with van der Waals surface area (Å²) in [6, 6.07) is 19.9. The Labute approximate surface area is 228 Å². The predicted octanol–water partition coefficient (Wildman–Crippen LogP) is 4.63. The summed E-state index contributed by atoms with van der Waals surface area (Å²) in [5.41, 5.74) is 3.09. The van der Waals surface area contributed by atoms with E-state index in [4.69, 9.17) is 28.7 Å². The molecule has 0 saturated carbocycles. The normalized spacial score (nSPS) is 18.3. The molecule has 4 rings (SSSR count). The minimum Gasteiger partial charge on any atom is -0.497 e. The Morgan fingerprint density at radius 2 is 1.46 bits per heavy atom. The number of aromatic nitrogens is 1. The fourth-order valence-corrected chi connectivity index (χ4v) is 4.51. The molecule has 0 radical (unpaired) electrons. The minimum absolute atomic E-state index is 0.0206. The third-order valence-electron chi connectivity index (χ3n) is 6.50. The number of methoxy groups -OCH3 is 2. The second kappa shape index (κ2) is 13.1. The highest BCUT2D eigenvalue weighted by atomic mass is 16.6. The van der Waals surface area contributed by atoms with Crippen molar-refractivity contribution in [1.29, 1.82) is 0 Å². The molecule has 1 aromatic heterocycles. The maximum atomic E-state index is 11.6. The van der Waals surface area contributed by atoms with Gasteiger partial charge in [0, 0.05) is 39.6 Å². The SMILES string of the molecule is COc1ccc(CN(Cc2ccc(OC)cc2)c2ccc([C@H]3C[C@H](OC(C)=O)[C@@H](COC(C)=O)O3)cn2)cc1. The monoisotopic (exact) mass is 534 g/mol. The fourth-order valence-electron chi connectivity index (χ4n) is 4.51. The van der Waals surface area contributed by atoms with Crippen molar-refractivity contribution in [2.24, 2.45) is 0 Å². The van der Waals surface area contributed by atoms with E-state index in [0.717, 1.165) is 34.0 Å². The van der Waals surface area contributed by atoms with Gasteiger partial charge >= 0.3 is 11.9 Å². The molecule has 0 N–H and O–H groups in total. The highest BCUT2D eigenvalue weighted by Crippen LogP contribution is 2.35. The molecule has 0 spiro atoms. The lowest BCUT2D eigenvalue weighted by Crippen LogP contribution is -2.31. The predicted molar refractivity (Wildman–Crippen MR) is 145 cm³/mol. The van der Waals surface area contributed by atoms with Crippen LogP contribution in [-0.4, -0.2) is 50.0 Å². The molecule has 1 aliphatic heterocycles. The van der Waals surface area contributed by atoms with Crippen molar-refractivity contribution in [3.8, 4) is 11.5 Å². The van der Waals surface area contributed by atoms with E-state index in [1.165, 1.54) is 13.8 Å². The number of carbonyl (C=O) groups excluding carboxylic acids is 2. The summed E-state index contributed by atoms with van der Waals surface area (Å²) >= 11 is 0. The number of hydrogen-bond acceptors (Lipinski definition) is 9. The average Bonchev–Trinajstić information content (AvgIpc) is 3.34. The van der Waals surface area contributed by atoms with Gasteiger partial charge in [0.05, 0.1) is 20.3 Å². The van der Waals surface area contributed by atoms with Gasteiger partial charge in [-0.15, -0.1) is 0 Å². The Balaban J connectivity index is 1.52. The number of nitrogens with zero attached hydrogens (tertiary/aromatic N) is 2. The summed E-state index contributed by atoms with van der Waals surface area (Å²) in [4.78, 5) is 29.9. The Morgan fingerprint density at radius 3 is 1.92 bits per heavy atom. The summed E-state index contributed by atoms with van der Waals surface area (Å²) in [5, 5.41) is 0. The molecule has 0 amide bonds. The number of carbonyl (C=O) groups is 2. The second-order valence-electron chi connectivity index (χ2n) is 9.35. The Kier molecular flexibility index (Phi) is 9.38. The van der Waals surface area contributed by atoms with Crippen molar-refractivity contribution < 1.29 is 33.3 Å². The van der Waals surface area contributed by atoms with Crippen molar-refractivity contribution in [2.45, 2.75) is 51.7 Å². The number of hydrogen-bond donors (Lipinski definition) is 0. The Morgan fingerprint density at radius 1 is 0.872 bits per heavy atom. The molecule has 3 aromatic rings. The molecule has 0 unspecified atom stereocenters. The van der Waals surface area contributed by atoms with Gasteiger partial charge in [-0.1, -0.05) is 30.3 Å². The van der Waals surface area contributed by atoms with Crippen LogP contribution in [0.15, 0.2) is 66.9 Å². The van der Waals surface area contributed by atoms with Crippen LogP contribution in [0.1, 0.15) is 43.1 Å². The van der Waals surface area contributed by atoms with Crippen LogP contribution in [0, 0.1) is 0 Å². The van der Waals surface area contributed by atoms with Gasteiger partial charge < -0.3 is 28.6 Å². The largest absolute Gasteiger partial charge is 0.497 e. The van der Waals surface area contributed by atoms with E-state index in [-0.39, 0.29) is 12.7 Å². The first-order chi connectivity index (χ1) is 18.8. The molecular formula is C30H34N2O7. The van der Waals surface area contributed by atoms with E-state index < -0.39 is 24.1 Å². The van der Waals surface area contributed by atoms with Crippen LogP contribution in [0.4, 0.5) is 5.82 Å². The van der Waals surface area contributed by atoms with Crippen LogP contribution < -0.4 is 14.4 Å². The molecular weight excluding hydrogens is 500 g/mol. The zero-order valence-electron chi connectivity index (χ0n) is 22.7. The van der Waals surface area contributed by atoms with Crippen molar-refractivity contribution in [3.05, 3.63) is 83.6 Å². The minimum atomic E-state index is -0.538. The van der Waals surface area contributed by atoms with Gasteiger partial charge in [-0.25, -0.2) is 4.98 Å². The van der Waals surface area contributed by atoms with Crippen molar-refractivity contribution >= 4 is 17.8 Å². The van der Waals surface area contributed by atoms with Crippen LogP contribution in [-0.2, 0) is 36.9 Å². The first-order valence-electron chi connectivity index (χ1n) is 12.8. The quantitative estimate of drug-likeness (QED) is 0.326. The first-order valence-corrected chi connectivity index (χ1v) is 12.8. The van der Waals surface area contributed by atoms with Gasteiger partial charge in [-0.2, -0.15) is 0 Å². The first kappa shape index (κ1) is 27.9. The summed E-state index contributed by atoms with van der Waals surface area (Å²) in [6.07, 6.45) is 0.854. The second-order valence-corrected chi connectivity index (χ2v) is 9.35. The maximum absolute atomic E-state index is 11.6. The van der Waals surface area contributed by atoms with Gasteiger partial charge in [-0.3, -0.25) is 9.59 Å². The molecule has 39 heavy (non-hydrogen) atoms. The van der Waals surface area contributed by atoms with E-state index in [1.807, 2.05) is 60.7 Å². The molecule has 0 aliphatic carbocycles. The van der Waals surface area contributed by atoms with Crippen LogP contribution in [0.3, 0.4) is 0 Å². The number of ether oxygens (including phenoxy) is 5. The molecule has 3 atom stereocenters. The molecule has 2 aromatic carbocycles. The summed E-state index contributed by atoms with van der Waals surface area (Å²) in [7, 11) is 3.30. The van der Waals surface area contributed by atoms with Gasteiger partial charge in [0.2, 0.25) is 0 Å². The van der Waals surface area contributed by atoms with E-state index in [1.54, 1.807) is 20.4 Å². The molecule has 206 valence electrons. The zero-order chi connectivity index (χ0) is 27.8. The molecule has 0 bridgehead atoms. The van der Waals surface area contributed by atoms with Crippen LogP contribution in [0.5, 0.6) is 11.5 Å². The maximum Gasteiger partial charge on any atom is 0.302 e. The van der Waals surface area contributed by atoms with Crippen LogP contribution >= 0.6 is 0 Å². The number of benzene rings is 2. The number of esters is 2. The standard InChI is InChI=1S/C30H34N2O7/c1-20(33)37-19-29-28(38-21(2)34)15-27(39-29)24-9-14-30(31-16-24)32(17-22-5-10-25(35-3)11-6-22)18-23-7-12-26(36-4)13-8-23/h5-14,16,27-29H,15,17-19H2,1-4H3/t27-,28+,29-/m1/s1. The molecule has 1 saturated heterocycles. The lowest BCUT2D eigenvalue weighted by atomic mass is 10.1. The highest BCUT2D eigenvalue weighted by molar-refractivity contribution is 5.66. The van der Waals surface area contributed by atoms with Crippen molar-refractivity contribution in [1.82, 2.24) is 4.98 Å². The summed E-state index contributed by atoms with van der Waals surface area (Å²) in [5.74, 6) is 1.59. The zero-order valence-corrected chi connectivity index (χ0v) is 22.7. The van der Waals surface area contributed by atoms with E-state index in [2.05, 4.69) is 4.90 Å². The topological polar surface area (TPSA) is 96.4 Å². The van der Waals surface area contributed by atoms with Gasteiger partial charge in [0.1, 0.15) is 36.1 Å². The number of pyridine rings is 1. The third kappa shape index (κ3) is 7.70. The van der Waals surface area contributed by atoms with E-state index >= 15 is 0 Å². The van der Waals surface area contributed by atoms with Crippen molar-refractivity contribution in [3.63, 3.8) is 0 Å². The molecule has 1 fully saturated rings. The molecule has 2 heterocycles. The van der Waals surface area contributed by atoms with Gasteiger partial charge in [0.25, 0.3) is 0 Å².